The Kier molecular flexibility index (Phi) is 10.00. The molecule has 2 N–H and O–H groups in total. The van der Waals surface area contributed by atoms with Crippen molar-refractivity contribution in [2.24, 2.45) is 0 Å². The number of carbonyl (C=O) groups is 4. The van der Waals surface area contributed by atoms with Crippen LogP contribution in [-0.4, -0.2) is 109 Å². The third kappa shape index (κ3) is 7.51. The minimum atomic E-state index is -3.55. The van der Waals surface area contributed by atoms with E-state index in [1.807, 2.05) is 24.3 Å². The van der Waals surface area contributed by atoms with Crippen LogP contribution in [0.25, 0.3) is 10.9 Å². The maximum Gasteiger partial charge on any atom is 0.262 e. The van der Waals surface area contributed by atoms with Crippen molar-refractivity contribution in [1.29, 1.82) is 5.26 Å². The summed E-state index contributed by atoms with van der Waals surface area (Å²) in [5.41, 5.74) is 3.25. The van der Waals surface area contributed by atoms with Gasteiger partial charge in [0.1, 0.15) is 30.5 Å². The first-order chi connectivity index (χ1) is 25.6. The standard InChI is InChI=1S/C36H34N8O8S/c37-21-23-1-8-30-29(19-23)33(39-22-38-30)40-24-2-4-25(5-3-24)42-11-13-43(14-12-42)53(49,50)18-17-51-15-16-52-26-6-7-27-28(20-26)36(48)44(35(27)47)31-9-10-32(45)41-34(31)46/h1-8,19-20,22,31H,9-18H2,(H,38,39,40)(H,41,45,46). The molecule has 3 aliphatic heterocycles. The molecule has 0 spiro atoms. The summed E-state index contributed by atoms with van der Waals surface area (Å²) in [7, 11) is -3.55. The maximum absolute atomic E-state index is 13.0. The van der Waals surface area contributed by atoms with E-state index in [1.54, 1.807) is 18.2 Å². The Morgan fingerprint density at radius 1 is 0.887 bits per heavy atom. The van der Waals surface area contributed by atoms with Crippen LogP contribution in [0.3, 0.4) is 0 Å². The Balaban J connectivity index is 0.837. The van der Waals surface area contributed by atoms with Gasteiger partial charge in [0.25, 0.3) is 11.8 Å². The first-order valence-electron chi connectivity index (χ1n) is 16.9. The molecule has 53 heavy (non-hydrogen) atoms. The Labute approximate surface area is 304 Å². The molecule has 4 aromatic rings. The van der Waals surface area contributed by atoms with Crippen LogP contribution in [0.1, 0.15) is 39.1 Å². The average molecular weight is 739 g/mol. The van der Waals surface area contributed by atoms with Gasteiger partial charge in [-0.1, -0.05) is 0 Å². The van der Waals surface area contributed by atoms with Crippen molar-refractivity contribution >= 4 is 61.7 Å². The lowest BCUT2D eigenvalue weighted by Crippen LogP contribution is -2.54. The predicted molar refractivity (Wildman–Crippen MR) is 191 cm³/mol. The fourth-order valence-corrected chi connectivity index (χ4v) is 7.80. The number of nitriles is 1. The van der Waals surface area contributed by atoms with Gasteiger partial charge in [0, 0.05) is 49.4 Å². The number of piperazine rings is 1. The van der Waals surface area contributed by atoms with E-state index in [-0.39, 0.29) is 49.5 Å². The summed E-state index contributed by atoms with van der Waals surface area (Å²) in [6.07, 6.45) is 1.56. The van der Waals surface area contributed by atoms with Gasteiger partial charge in [0.2, 0.25) is 21.8 Å². The second-order valence-electron chi connectivity index (χ2n) is 12.6. The molecule has 1 aromatic heterocycles. The number of carbonyl (C=O) groups excluding carboxylic acids is 4. The highest BCUT2D eigenvalue weighted by Gasteiger charge is 2.44. The zero-order valence-corrected chi connectivity index (χ0v) is 29.2. The summed E-state index contributed by atoms with van der Waals surface area (Å²) >= 11 is 0. The number of anilines is 3. The Morgan fingerprint density at radius 2 is 1.66 bits per heavy atom. The molecule has 2 fully saturated rings. The average Bonchev–Trinajstić information content (AvgIpc) is 3.41. The van der Waals surface area contributed by atoms with Crippen molar-refractivity contribution in [2.75, 3.05) is 62.0 Å². The van der Waals surface area contributed by atoms with Gasteiger partial charge in [0.15, 0.2) is 0 Å². The lowest BCUT2D eigenvalue weighted by Gasteiger charge is -2.35. The summed E-state index contributed by atoms with van der Waals surface area (Å²) in [6.45, 7) is 1.85. The first-order valence-corrected chi connectivity index (χ1v) is 18.5. The Morgan fingerprint density at radius 3 is 2.42 bits per heavy atom. The molecule has 3 aromatic carbocycles. The van der Waals surface area contributed by atoms with E-state index in [4.69, 9.17) is 9.47 Å². The molecule has 0 saturated carbocycles. The monoisotopic (exact) mass is 738 g/mol. The SMILES string of the molecule is N#Cc1ccc2ncnc(Nc3ccc(N4CCN(S(=O)(=O)CCOCCOc5ccc6c(c5)C(=O)N(C5CCC(=O)NC5=O)C6=O)CC4)cc3)c2c1. The van der Waals surface area contributed by atoms with E-state index in [1.165, 1.54) is 28.8 Å². The molecule has 272 valence electrons. The first kappa shape index (κ1) is 35.4. The van der Waals surface area contributed by atoms with Crippen LogP contribution >= 0.6 is 0 Å². The number of fused-ring (bicyclic) bond motifs is 2. The van der Waals surface area contributed by atoms with Crippen molar-refractivity contribution < 1.29 is 37.1 Å². The van der Waals surface area contributed by atoms with Gasteiger partial charge in [-0.15, -0.1) is 0 Å². The topological polar surface area (TPSA) is 204 Å². The minimum absolute atomic E-state index is 0.0299. The molecule has 4 heterocycles. The largest absolute Gasteiger partial charge is 0.491 e. The Hall–Kier alpha value is -5.96. The van der Waals surface area contributed by atoms with Crippen LogP contribution in [0, 0.1) is 11.3 Å². The number of hydrogen-bond donors (Lipinski definition) is 2. The quantitative estimate of drug-likeness (QED) is 0.158. The number of piperidine rings is 1. The highest BCUT2D eigenvalue weighted by Crippen LogP contribution is 2.31. The van der Waals surface area contributed by atoms with Crippen molar-refractivity contribution in [3.8, 4) is 11.8 Å². The molecule has 1 atom stereocenters. The highest BCUT2D eigenvalue weighted by atomic mass is 32.2. The zero-order chi connectivity index (χ0) is 37.1. The summed E-state index contributed by atoms with van der Waals surface area (Å²) in [5.74, 6) is -1.66. The molecule has 0 bridgehead atoms. The van der Waals surface area contributed by atoms with Crippen LogP contribution < -0.4 is 20.3 Å². The number of imide groups is 2. The number of sulfonamides is 1. The van der Waals surface area contributed by atoms with Crippen LogP contribution in [0.2, 0.25) is 0 Å². The van der Waals surface area contributed by atoms with E-state index >= 15 is 0 Å². The lowest BCUT2D eigenvalue weighted by atomic mass is 10.0. The van der Waals surface area contributed by atoms with Crippen LogP contribution in [-0.2, 0) is 24.3 Å². The Bertz CT molecular complexity index is 2250. The number of aromatic nitrogens is 2. The van der Waals surface area contributed by atoms with Crippen molar-refractivity contribution in [1.82, 2.24) is 24.5 Å². The third-order valence-corrected chi connectivity index (χ3v) is 11.1. The van der Waals surface area contributed by atoms with Crippen LogP contribution in [0.4, 0.5) is 17.2 Å². The van der Waals surface area contributed by atoms with Gasteiger partial charge < -0.3 is 19.7 Å². The second-order valence-corrected chi connectivity index (χ2v) is 14.6. The van der Waals surface area contributed by atoms with E-state index in [9.17, 15) is 32.9 Å². The number of ether oxygens (including phenoxy) is 2. The van der Waals surface area contributed by atoms with E-state index in [0.29, 0.717) is 43.3 Å². The predicted octanol–water partition coefficient (Wildman–Crippen LogP) is 2.19. The molecular weight excluding hydrogens is 705 g/mol. The fraction of sp³-hybridized carbons (Fsp3) is 0.306. The second kappa shape index (κ2) is 14.9. The van der Waals surface area contributed by atoms with E-state index in [0.717, 1.165) is 27.2 Å². The van der Waals surface area contributed by atoms with Gasteiger partial charge >= 0.3 is 0 Å². The van der Waals surface area contributed by atoms with Gasteiger partial charge in [-0.25, -0.2) is 18.4 Å². The summed E-state index contributed by atoms with van der Waals surface area (Å²) in [5, 5.41) is 15.5. The fourth-order valence-electron chi connectivity index (χ4n) is 6.50. The minimum Gasteiger partial charge on any atom is -0.491 e. The molecule has 2 saturated heterocycles. The van der Waals surface area contributed by atoms with Gasteiger partial charge in [0.05, 0.1) is 47.2 Å². The summed E-state index contributed by atoms with van der Waals surface area (Å²) in [6, 6.07) is 18.5. The van der Waals surface area contributed by atoms with Gasteiger partial charge in [-0.2, -0.15) is 9.57 Å². The molecule has 3 aliphatic rings. The van der Waals surface area contributed by atoms with Crippen LogP contribution in [0.5, 0.6) is 5.75 Å². The molecule has 16 nitrogen and oxygen atoms in total. The van der Waals surface area contributed by atoms with Crippen molar-refractivity contribution in [3.05, 3.63) is 83.7 Å². The lowest BCUT2D eigenvalue weighted by molar-refractivity contribution is -0.136. The van der Waals surface area contributed by atoms with Crippen molar-refractivity contribution in [3.63, 3.8) is 0 Å². The number of benzene rings is 3. The third-order valence-electron chi connectivity index (χ3n) is 9.28. The number of hydrogen-bond acceptors (Lipinski definition) is 13. The molecule has 17 heteroatoms. The summed E-state index contributed by atoms with van der Waals surface area (Å²) in [4.78, 5) is 61.3. The van der Waals surface area contributed by atoms with Gasteiger partial charge in [-0.05, 0) is 67.1 Å². The summed E-state index contributed by atoms with van der Waals surface area (Å²) < 4.78 is 38.8. The molecule has 4 amide bonds. The number of amides is 4. The molecule has 0 radical (unpaired) electrons. The highest BCUT2D eigenvalue weighted by molar-refractivity contribution is 7.89. The number of nitrogens with one attached hydrogen (secondary N) is 2. The van der Waals surface area contributed by atoms with Gasteiger partial charge in [-0.3, -0.25) is 29.4 Å². The van der Waals surface area contributed by atoms with E-state index < -0.39 is 39.7 Å². The molecular formula is C36H34N8O8S. The molecule has 1 unspecified atom stereocenters. The maximum atomic E-state index is 13.0. The zero-order valence-electron chi connectivity index (χ0n) is 28.4. The molecule has 0 aliphatic carbocycles. The molecule has 7 rings (SSSR count). The normalized spacial score (nSPS) is 17.8. The van der Waals surface area contributed by atoms with E-state index in [2.05, 4.69) is 31.6 Å². The number of nitrogens with zero attached hydrogens (tertiary/aromatic N) is 6. The van der Waals surface area contributed by atoms with Crippen LogP contribution in [0.15, 0.2) is 67.0 Å². The van der Waals surface area contributed by atoms with Crippen molar-refractivity contribution in [2.45, 2.75) is 18.9 Å². The number of rotatable bonds is 12. The smallest absolute Gasteiger partial charge is 0.262 e.